The Morgan fingerprint density at radius 1 is 1.25 bits per heavy atom. The van der Waals surface area contributed by atoms with Crippen molar-refractivity contribution in [1.82, 2.24) is 0 Å². The third-order valence-electron chi connectivity index (χ3n) is 3.54. The number of para-hydroxylation sites is 1. The van der Waals surface area contributed by atoms with Gasteiger partial charge in [0, 0.05) is 10.2 Å². The predicted molar refractivity (Wildman–Crippen MR) is 87.2 cm³/mol. The average Bonchev–Trinajstić information content (AvgIpc) is 2.41. The normalized spacial score (nSPS) is 13.8. The number of carbonyl (C=O) groups is 1. The van der Waals surface area contributed by atoms with E-state index in [-0.39, 0.29) is 0 Å². The Kier molecular flexibility index (Phi) is 7.06. The molecule has 1 aromatic carbocycles. The number of rotatable bonds is 9. The molecule has 0 heterocycles. The minimum absolute atomic E-state index is 0.632. The summed E-state index contributed by atoms with van der Waals surface area (Å²) in [4.78, 5) is 11.6. The zero-order valence-electron chi connectivity index (χ0n) is 12.3. The van der Waals surface area contributed by atoms with Crippen molar-refractivity contribution < 1.29 is 9.90 Å². The first-order valence-electron chi connectivity index (χ1n) is 7.25. The Balaban J connectivity index is 2.63. The lowest BCUT2D eigenvalue weighted by molar-refractivity contribution is -0.142. The molecule has 0 fully saturated rings. The highest BCUT2D eigenvalue weighted by molar-refractivity contribution is 9.10. The summed E-state index contributed by atoms with van der Waals surface area (Å²) in [5, 5.41) is 12.7. The van der Waals surface area contributed by atoms with Crippen LogP contribution in [0.4, 0.5) is 5.69 Å². The molecular weight excluding hydrogens is 318 g/mol. The van der Waals surface area contributed by atoms with Gasteiger partial charge in [0.1, 0.15) is 5.54 Å². The van der Waals surface area contributed by atoms with Gasteiger partial charge in [-0.2, -0.15) is 0 Å². The second-order valence-corrected chi connectivity index (χ2v) is 6.26. The first-order chi connectivity index (χ1) is 9.49. The van der Waals surface area contributed by atoms with E-state index in [0.29, 0.717) is 6.42 Å². The molecule has 1 atom stereocenters. The number of anilines is 1. The average molecular weight is 342 g/mol. The fraction of sp³-hybridized carbons (Fsp3) is 0.562. The Labute approximate surface area is 129 Å². The Morgan fingerprint density at radius 3 is 2.50 bits per heavy atom. The van der Waals surface area contributed by atoms with Crippen molar-refractivity contribution in [3.8, 4) is 0 Å². The Hall–Kier alpha value is -1.03. The molecule has 0 radical (unpaired) electrons. The molecule has 0 aromatic heterocycles. The van der Waals surface area contributed by atoms with Crippen molar-refractivity contribution in [2.45, 2.75) is 57.9 Å². The number of unbranched alkanes of at least 4 members (excludes halogenated alkanes) is 4. The SMILES string of the molecule is CCCCCCCC(C)(Nc1ccccc1Br)C(=O)O. The van der Waals surface area contributed by atoms with Crippen molar-refractivity contribution in [3.63, 3.8) is 0 Å². The zero-order valence-corrected chi connectivity index (χ0v) is 13.9. The lowest BCUT2D eigenvalue weighted by Gasteiger charge is -2.28. The molecule has 3 nitrogen and oxygen atoms in total. The number of halogens is 1. The topological polar surface area (TPSA) is 49.3 Å². The minimum Gasteiger partial charge on any atom is -0.480 e. The number of carboxylic acid groups (broad SMARTS) is 1. The molecule has 0 aliphatic heterocycles. The molecule has 0 saturated heterocycles. The number of carboxylic acids is 1. The number of nitrogens with one attached hydrogen (secondary N) is 1. The summed E-state index contributed by atoms with van der Waals surface area (Å²) in [6, 6.07) is 7.61. The first kappa shape index (κ1) is 17.0. The lowest BCUT2D eigenvalue weighted by Crippen LogP contribution is -2.43. The fourth-order valence-electron chi connectivity index (χ4n) is 2.16. The second kappa shape index (κ2) is 8.30. The van der Waals surface area contributed by atoms with Crippen LogP contribution in [0.5, 0.6) is 0 Å². The van der Waals surface area contributed by atoms with E-state index in [1.165, 1.54) is 19.3 Å². The molecular formula is C16H24BrNO2. The largest absolute Gasteiger partial charge is 0.480 e. The summed E-state index contributed by atoms with van der Waals surface area (Å²) >= 11 is 3.45. The molecule has 2 N–H and O–H groups in total. The van der Waals surface area contributed by atoms with Crippen LogP contribution in [0.15, 0.2) is 28.7 Å². The van der Waals surface area contributed by atoms with Gasteiger partial charge in [-0.05, 0) is 41.4 Å². The summed E-state index contributed by atoms with van der Waals surface area (Å²) in [7, 11) is 0. The molecule has 0 amide bonds. The fourth-order valence-corrected chi connectivity index (χ4v) is 2.55. The van der Waals surface area contributed by atoms with E-state index in [0.717, 1.165) is 23.0 Å². The summed E-state index contributed by atoms with van der Waals surface area (Å²) in [5.74, 6) is -0.802. The maximum atomic E-state index is 11.6. The van der Waals surface area contributed by atoms with Gasteiger partial charge in [-0.1, -0.05) is 51.2 Å². The van der Waals surface area contributed by atoms with Crippen LogP contribution < -0.4 is 5.32 Å². The van der Waals surface area contributed by atoms with Crippen molar-refractivity contribution in [2.24, 2.45) is 0 Å². The third kappa shape index (κ3) is 5.16. The maximum absolute atomic E-state index is 11.6. The van der Waals surface area contributed by atoms with Crippen molar-refractivity contribution in [2.75, 3.05) is 5.32 Å². The van der Waals surface area contributed by atoms with Crippen molar-refractivity contribution in [3.05, 3.63) is 28.7 Å². The lowest BCUT2D eigenvalue weighted by atomic mass is 9.93. The molecule has 1 rings (SSSR count). The maximum Gasteiger partial charge on any atom is 0.329 e. The molecule has 20 heavy (non-hydrogen) atoms. The van der Waals surface area contributed by atoms with E-state index in [2.05, 4.69) is 28.2 Å². The Morgan fingerprint density at radius 2 is 1.90 bits per heavy atom. The summed E-state index contributed by atoms with van der Waals surface area (Å²) < 4.78 is 0.887. The molecule has 0 spiro atoms. The molecule has 1 unspecified atom stereocenters. The molecule has 0 aliphatic carbocycles. The van der Waals surface area contributed by atoms with Crippen molar-refractivity contribution >= 4 is 27.6 Å². The summed E-state index contributed by atoms with van der Waals surface area (Å²) in [6.45, 7) is 3.93. The third-order valence-corrected chi connectivity index (χ3v) is 4.23. The highest BCUT2D eigenvalue weighted by Gasteiger charge is 2.32. The molecule has 1 aromatic rings. The van der Waals surface area contributed by atoms with Crippen LogP contribution in [-0.2, 0) is 4.79 Å². The van der Waals surface area contributed by atoms with Gasteiger partial charge in [0.05, 0.1) is 0 Å². The van der Waals surface area contributed by atoms with Gasteiger partial charge in [-0.25, -0.2) is 4.79 Å². The van der Waals surface area contributed by atoms with E-state index in [9.17, 15) is 9.90 Å². The minimum atomic E-state index is -0.921. The highest BCUT2D eigenvalue weighted by atomic mass is 79.9. The quantitative estimate of drug-likeness (QED) is 0.616. The van der Waals surface area contributed by atoms with Gasteiger partial charge in [0.2, 0.25) is 0 Å². The van der Waals surface area contributed by atoms with Crippen LogP contribution in [0.3, 0.4) is 0 Å². The van der Waals surface area contributed by atoms with Crippen LogP contribution >= 0.6 is 15.9 Å². The van der Waals surface area contributed by atoms with Gasteiger partial charge in [-0.3, -0.25) is 0 Å². The zero-order chi connectivity index (χ0) is 15.0. The van der Waals surface area contributed by atoms with Gasteiger partial charge >= 0.3 is 5.97 Å². The van der Waals surface area contributed by atoms with E-state index in [4.69, 9.17) is 0 Å². The van der Waals surface area contributed by atoms with Crippen LogP contribution in [0.25, 0.3) is 0 Å². The smallest absolute Gasteiger partial charge is 0.329 e. The predicted octanol–water partition coefficient (Wildman–Crippen LogP) is 5.06. The molecule has 0 aliphatic rings. The van der Waals surface area contributed by atoms with Gasteiger partial charge in [0.15, 0.2) is 0 Å². The van der Waals surface area contributed by atoms with Crippen LogP contribution in [0.2, 0.25) is 0 Å². The highest BCUT2D eigenvalue weighted by Crippen LogP contribution is 2.27. The van der Waals surface area contributed by atoms with E-state index < -0.39 is 11.5 Å². The first-order valence-corrected chi connectivity index (χ1v) is 8.05. The molecule has 112 valence electrons. The van der Waals surface area contributed by atoms with E-state index >= 15 is 0 Å². The van der Waals surface area contributed by atoms with Crippen LogP contribution in [-0.4, -0.2) is 16.6 Å². The van der Waals surface area contributed by atoms with Gasteiger partial charge in [0.25, 0.3) is 0 Å². The summed E-state index contributed by atoms with van der Waals surface area (Å²) in [5.41, 5.74) is -0.0956. The van der Waals surface area contributed by atoms with E-state index in [1.807, 2.05) is 24.3 Å². The molecule has 0 saturated carbocycles. The van der Waals surface area contributed by atoms with Gasteiger partial charge in [-0.15, -0.1) is 0 Å². The molecule has 4 heteroatoms. The molecule has 0 bridgehead atoms. The van der Waals surface area contributed by atoms with Gasteiger partial charge < -0.3 is 10.4 Å². The number of benzene rings is 1. The van der Waals surface area contributed by atoms with Crippen LogP contribution in [0, 0.1) is 0 Å². The standard InChI is InChI=1S/C16H24BrNO2/c1-3-4-5-6-9-12-16(2,15(19)20)18-14-11-8-7-10-13(14)17/h7-8,10-11,18H,3-6,9,12H2,1-2H3,(H,19,20). The summed E-state index contributed by atoms with van der Waals surface area (Å²) in [6.07, 6.45) is 6.26. The number of hydrogen-bond donors (Lipinski definition) is 2. The second-order valence-electron chi connectivity index (χ2n) is 5.41. The Bertz CT molecular complexity index is 436. The van der Waals surface area contributed by atoms with Crippen molar-refractivity contribution in [1.29, 1.82) is 0 Å². The number of aliphatic carboxylic acids is 1. The van der Waals surface area contributed by atoms with Crippen LogP contribution in [0.1, 0.15) is 52.4 Å². The van der Waals surface area contributed by atoms with E-state index in [1.54, 1.807) is 6.92 Å². The monoisotopic (exact) mass is 341 g/mol. The number of hydrogen-bond acceptors (Lipinski definition) is 2.